The van der Waals surface area contributed by atoms with Crippen LogP contribution < -0.4 is 0 Å². The minimum Gasteiger partial charge on any atom is -0.481 e. The lowest BCUT2D eigenvalue weighted by Crippen LogP contribution is -2.51. The monoisotopic (exact) mass is 295 g/mol. The lowest BCUT2D eigenvalue weighted by molar-refractivity contribution is -0.188. The number of halogens is 3. The molecule has 2 unspecified atom stereocenters. The Morgan fingerprint density at radius 1 is 1.25 bits per heavy atom. The number of carbonyl (C=O) groups is 1. The van der Waals surface area contributed by atoms with Crippen LogP contribution >= 0.6 is 0 Å². The van der Waals surface area contributed by atoms with Gasteiger partial charge in [-0.25, -0.2) is 0 Å². The van der Waals surface area contributed by atoms with Crippen molar-refractivity contribution in [1.82, 2.24) is 4.90 Å². The van der Waals surface area contributed by atoms with Crippen LogP contribution in [0.15, 0.2) is 0 Å². The number of rotatable bonds is 4. The van der Waals surface area contributed by atoms with Gasteiger partial charge < -0.3 is 5.11 Å². The highest BCUT2D eigenvalue weighted by molar-refractivity contribution is 5.66. The average Bonchev–Trinajstić information content (AvgIpc) is 2.26. The molecule has 0 radical (unpaired) electrons. The second kappa shape index (κ2) is 6.33. The second-order valence-corrected chi connectivity index (χ2v) is 6.57. The molecule has 0 aromatic carbocycles. The van der Waals surface area contributed by atoms with Crippen LogP contribution in [0.5, 0.6) is 0 Å². The van der Waals surface area contributed by atoms with Crippen LogP contribution in [-0.2, 0) is 4.79 Å². The Bertz CT molecular complexity index is 336. The summed E-state index contributed by atoms with van der Waals surface area (Å²) in [5, 5.41) is 8.80. The second-order valence-electron chi connectivity index (χ2n) is 6.57. The Balaban J connectivity index is 2.77. The Morgan fingerprint density at radius 3 is 2.30 bits per heavy atom. The topological polar surface area (TPSA) is 40.5 Å². The smallest absolute Gasteiger partial charge is 0.391 e. The number of aliphatic carboxylic acids is 1. The zero-order valence-corrected chi connectivity index (χ0v) is 12.3. The summed E-state index contributed by atoms with van der Waals surface area (Å²) in [5.74, 6) is -2.17. The highest BCUT2D eigenvalue weighted by Crippen LogP contribution is 2.40. The lowest BCUT2D eigenvalue weighted by atomic mass is 9.83. The van der Waals surface area contributed by atoms with E-state index in [0.29, 0.717) is 19.4 Å². The zero-order chi connectivity index (χ0) is 15.6. The maximum absolute atomic E-state index is 12.9. The van der Waals surface area contributed by atoms with E-state index in [2.05, 4.69) is 0 Å². The third-order valence-electron chi connectivity index (χ3n) is 3.98. The fraction of sp³-hybridized carbons (Fsp3) is 0.929. The van der Waals surface area contributed by atoms with Crippen LogP contribution in [0, 0.1) is 5.92 Å². The first-order chi connectivity index (χ1) is 9.01. The van der Waals surface area contributed by atoms with E-state index in [1.54, 1.807) is 0 Å². The molecule has 3 nitrogen and oxygen atoms in total. The fourth-order valence-corrected chi connectivity index (χ4v) is 3.03. The van der Waals surface area contributed by atoms with E-state index in [1.165, 1.54) is 0 Å². The third-order valence-corrected chi connectivity index (χ3v) is 3.98. The minimum absolute atomic E-state index is 0.0372. The summed E-state index contributed by atoms with van der Waals surface area (Å²) < 4.78 is 38.6. The number of alkyl halides is 3. The molecule has 0 heterocycles. The van der Waals surface area contributed by atoms with Crippen molar-refractivity contribution in [3.05, 3.63) is 0 Å². The van der Waals surface area contributed by atoms with Crippen LogP contribution in [0.25, 0.3) is 0 Å². The molecule has 0 amide bonds. The number of hydrogen-bond donors (Lipinski definition) is 1. The van der Waals surface area contributed by atoms with Gasteiger partial charge in [0.2, 0.25) is 0 Å². The molecule has 0 bridgehead atoms. The van der Waals surface area contributed by atoms with E-state index in [0.717, 1.165) is 0 Å². The average molecular weight is 295 g/mol. The zero-order valence-electron chi connectivity index (χ0n) is 12.3. The Morgan fingerprint density at radius 2 is 1.85 bits per heavy atom. The molecule has 1 rings (SSSR count). The molecule has 0 aromatic rings. The van der Waals surface area contributed by atoms with Crippen LogP contribution in [0.2, 0.25) is 0 Å². The van der Waals surface area contributed by atoms with Crippen LogP contribution in [0.3, 0.4) is 0 Å². The molecule has 1 aliphatic carbocycles. The molecule has 118 valence electrons. The van der Waals surface area contributed by atoms with Gasteiger partial charge in [0.05, 0.1) is 12.3 Å². The molecule has 1 aliphatic rings. The maximum Gasteiger partial charge on any atom is 0.391 e. The lowest BCUT2D eigenvalue weighted by Gasteiger charge is -2.45. The van der Waals surface area contributed by atoms with Gasteiger partial charge in [-0.2, -0.15) is 13.2 Å². The Kier molecular flexibility index (Phi) is 5.46. The van der Waals surface area contributed by atoms with Crippen molar-refractivity contribution in [2.45, 2.75) is 70.6 Å². The van der Waals surface area contributed by atoms with Gasteiger partial charge in [-0.3, -0.25) is 9.69 Å². The summed E-state index contributed by atoms with van der Waals surface area (Å²) in [6.07, 6.45) is -2.64. The van der Waals surface area contributed by atoms with Crippen LogP contribution in [0.1, 0.15) is 52.9 Å². The summed E-state index contributed by atoms with van der Waals surface area (Å²) in [6, 6.07) is -0.185. The summed E-state index contributed by atoms with van der Waals surface area (Å²) in [7, 11) is 0. The predicted octanol–water partition coefficient (Wildman–Crippen LogP) is 3.68. The van der Waals surface area contributed by atoms with E-state index in [-0.39, 0.29) is 30.8 Å². The molecule has 0 aromatic heterocycles. The van der Waals surface area contributed by atoms with Crippen molar-refractivity contribution in [2.24, 2.45) is 5.92 Å². The van der Waals surface area contributed by atoms with Crippen molar-refractivity contribution >= 4 is 5.97 Å². The fourth-order valence-electron chi connectivity index (χ4n) is 3.03. The van der Waals surface area contributed by atoms with Gasteiger partial charge in [0.1, 0.15) is 0 Å². The highest BCUT2D eigenvalue weighted by atomic mass is 19.4. The molecule has 0 aliphatic heterocycles. The summed E-state index contributed by atoms with van der Waals surface area (Å²) >= 11 is 0. The van der Waals surface area contributed by atoms with Crippen molar-refractivity contribution < 1.29 is 23.1 Å². The summed E-state index contributed by atoms with van der Waals surface area (Å²) in [5.41, 5.74) is -0.326. The molecule has 2 atom stereocenters. The van der Waals surface area contributed by atoms with Gasteiger partial charge in [0.15, 0.2) is 0 Å². The van der Waals surface area contributed by atoms with Gasteiger partial charge in [0.25, 0.3) is 0 Å². The molecule has 0 spiro atoms. The largest absolute Gasteiger partial charge is 0.481 e. The summed E-state index contributed by atoms with van der Waals surface area (Å²) in [6.45, 7) is 6.07. The molecular weight excluding hydrogens is 271 g/mol. The van der Waals surface area contributed by atoms with Crippen molar-refractivity contribution in [2.75, 3.05) is 6.54 Å². The quantitative estimate of drug-likeness (QED) is 0.860. The van der Waals surface area contributed by atoms with Gasteiger partial charge in [0, 0.05) is 18.1 Å². The highest BCUT2D eigenvalue weighted by Gasteiger charge is 2.44. The van der Waals surface area contributed by atoms with Crippen LogP contribution in [-0.4, -0.2) is 40.3 Å². The Labute approximate surface area is 118 Å². The summed E-state index contributed by atoms with van der Waals surface area (Å²) in [4.78, 5) is 12.7. The third kappa shape index (κ3) is 4.96. The van der Waals surface area contributed by atoms with Crippen molar-refractivity contribution in [1.29, 1.82) is 0 Å². The van der Waals surface area contributed by atoms with E-state index in [9.17, 15) is 18.0 Å². The normalized spacial score (nSPS) is 24.9. The van der Waals surface area contributed by atoms with Crippen LogP contribution in [0.4, 0.5) is 13.2 Å². The molecule has 0 saturated heterocycles. The molecule has 1 fully saturated rings. The number of carboxylic acid groups (broad SMARTS) is 1. The molecule has 1 saturated carbocycles. The van der Waals surface area contributed by atoms with E-state index < -0.39 is 18.1 Å². The molecule has 20 heavy (non-hydrogen) atoms. The first kappa shape index (κ1) is 17.3. The van der Waals surface area contributed by atoms with Crippen molar-refractivity contribution in [3.63, 3.8) is 0 Å². The standard InChI is InChI=1S/C14H24F3NO2/c1-13(2,3)18(8-7-12(19)20)11-6-4-5-10(9-11)14(15,16)17/h10-11H,4-9H2,1-3H3,(H,19,20). The SMILES string of the molecule is CC(C)(C)N(CCC(=O)O)C1CCCC(C(F)(F)F)C1. The van der Waals surface area contributed by atoms with E-state index >= 15 is 0 Å². The van der Waals surface area contributed by atoms with Gasteiger partial charge in [-0.1, -0.05) is 6.42 Å². The first-order valence-corrected chi connectivity index (χ1v) is 7.07. The molecule has 6 heteroatoms. The molecular formula is C14H24F3NO2. The first-order valence-electron chi connectivity index (χ1n) is 7.07. The van der Waals surface area contributed by atoms with E-state index in [1.807, 2.05) is 25.7 Å². The number of nitrogens with zero attached hydrogens (tertiary/aromatic N) is 1. The Hall–Kier alpha value is -0.780. The predicted molar refractivity (Wildman–Crippen MR) is 70.5 cm³/mol. The van der Waals surface area contributed by atoms with Gasteiger partial charge in [-0.15, -0.1) is 0 Å². The number of carboxylic acids is 1. The maximum atomic E-state index is 12.9. The van der Waals surface area contributed by atoms with E-state index in [4.69, 9.17) is 5.11 Å². The number of hydrogen-bond acceptors (Lipinski definition) is 2. The van der Waals surface area contributed by atoms with Crippen molar-refractivity contribution in [3.8, 4) is 0 Å². The molecule has 1 N–H and O–H groups in total. The minimum atomic E-state index is -4.14. The van der Waals surface area contributed by atoms with Gasteiger partial charge >= 0.3 is 12.1 Å². The van der Waals surface area contributed by atoms with Gasteiger partial charge in [-0.05, 0) is 40.0 Å².